The lowest BCUT2D eigenvalue weighted by atomic mass is 9.82. The average Bonchev–Trinajstić information content (AvgIpc) is 2.97. The average molecular weight is 505 g/mol. The molecule has 0 aromatic heterocycles. The number of hydrogen-bond donors (Lipinski definition) is 0. The number of nitrogens with zero attached hydrogens (tertiary/aromatic N) is 1. The molecule has 0 saturated carbocycles. The maximum atomic E-state index is 12.8. The molecule has 192 valence electrons. The summed E-state index contributed by atoms with van der Waals surface area (Å²) in [7, 11) is 3.76. The smallest absolute Gasteiger partial charge is 0.338 e. The molecule has 2 aliphatic rings. The van der Waals surface area contributed by atoms with Crippen LogP contribution in [0, 0.1) is 6.92 Å². The first-order valence-corrected chi connectivity index (χ1v) is 13.5. The minimum Gasteiger partial charge on any atom is -0.473 e. The number of hydrogen-bond acceptors (Lipinski definition) is 3. The van der Waals surface area contributed by atoms with E-state index in [2.05, 4.69) is 68.6 Å². The molecule has 2 aliphatic heterocycles. The van der Waals surface area contributed by atoms with Crippen LogP contribution in [0.5, 0.6) is 5.75 Å². The Morgan fingerprint density at radius 3 is 2.29 bits per heavy atom. The summed E-state index contributed by atoms with van der Waals surface area (Å²) in [6, 6.07) is 27.2. The number of esters is 1. The molecule has 4 aromatic carbocycles. The number of fused-ring (bicyclic) bond motifs is 3. The highest BCUT2D eigenvalue weighted by atomic mass is 16.5. The monoisotopic (exact) mass is 504 g/mol. The molecule has 0 N–H and O–H groups in total. The summed E-state index contributed by atoms with van der Waals surface area (Å²) < 4.78 is 13.1. The third kappa shape index (κ3) is 4.00. The minimum atomic E-state index is -0.821. The highest BCUT2D eigenvalue weighted by Crippen LogP contribution is 2.45. The van der Waals surface area contributed by atoms with E-state index >= 15 is 0 Å². The summed E-state index contributed by atoms with van der Waals surface area (Å²) in [5.41, 5.74) is 5.23. The second-order valence-electron chi connectivity index (χ2n) is 10.9. The molecular formula is C34H34NO3+. The van der Waals surface area contributed by atoms with Crippen LogP contribution in [0.25, 0.3) is 16.8 Å². The number of methoxy groups -OCH3 is 1. The second kappa shape index (κ2) is 9.45. The summed E-state index contributed by atoms with van der Waals surface area (Å²) in [6.07, 6.45) is 8.18. The van der Waals surface area contributed by atoms with Gasteiger partial charge in [0, 0.05) is 16.7 Å². The molecule has 1 saturated heterocycles. The van der Waals surface area contributed by atoms with Crippen molar-refractivity contribution in [3.63, 3.8) is 0 Å². The lowest BCUT2D eigenvalue weighted by Gasteiger charge is -2.39. The fraction of sp³-hybridized carbons (Fsp3) is 0.265. The first-order chi connectivity index (χ1) is 18.4. The van der Waals surface area contributed by atoms with Gasteiger partial charge in [-0.1, -0.05) is 54.1 Å². The summed E-state index contributed by atoms with van der Waals surface area (Å²) in [5, 5.41) is 1.85. The normalized spacial score (nSPS) is 20.0. The molecular weight excluding hydrogens is 470 g/mol. The molecule has 4 aromatic rings. The number of rotatable bonds is 4. The summed E-state index contributed by atoms with van der Waals surface area (Å²) in [5.74, 6) is 0.307. The van der Waals surface area contributed by atoms with Crippen molar-refractivity contribution in [2.75, 3.05) is 27.2 Å². The number of likely N-dealkylation sites (tertiary alicyclic amines) is 1. The number of ether oxygens (including phenoxy) is 2. The van der Waals surface area contributed by atoms with Crippen molar-refractivity contribution in [1.29, 1.82) is 0 Å². The highest BCUT2D eigenvalue weighted by Gasteiger charge is 2.38. The molecule has 0 spiro atoms. The van der Waals surface area contributed by atoms with Crippen molar-refractivity contribution < 1.29 is 14.3 Å². The van der Waals surface area contributed by atoms with Crippen LogP contribution in [0.3, 0.4) is 0 Å². The molecule has 0 aliphatic carbocycles. The molecule has 1 fully saturated rings. The maximum absolute atomic E-state index is 12.8. The summed E-state index contributed by atoms with van der Waals surface area (Å²) in [4.78, 5) is 12.8. The number of benzene rings is 4. The molecule has 4 nitrogen and oxygen atoms in total. The standard InChI is InChI=1S/C34H34NO3/c1-24-12-17-28-30(22-24)29-18-19-34(25-10-6-4-7-11-25,38-32(29)23-31(28)33(36)37-3)26-13-15-27(16-14-26)35(2)20-8-5-9-21-35/h4,6-7,10-19,22-23H,5,8-9,20-21H2,1-3H3/q+1. The number of carbonyl (C=O) groups is 1. The van der Waals surface area contributed by atoms with E-state index in [-0.39, 0.29) is 5.97 Å². The lowest BCUT2D eigenvalue weighted by molar-refractivity contribution is 0.0601. The van der Waals surface area contributed by atoms with Gasteiger partial charge in [-0.25, -0.2) is 4.79 Å². The third-order valence-corrected chi connectivity index (χ3v) is 8.38. The van der Waals surface area contributed by atoms with Gasteiger partial charge in [-0.05, 0) is 79.4 Å². The van der Waals surface area contributed by atoms with E-state index in [4.69, 9.17) is 9.47 Å². The van der Waals surface area contributed by atoms with E-state index in [1.807, 2.05) is 36.4 Å². The molecule has 0 bridgehead atoms. The summed E-state index contributed by atoms with van der Waals surface area (Å²) in [6.45, 7) is 4.41. The molecule has 4 heteroatoms. The Morgan fingerprint density at radius 1 is 0.868 bits per heavy atom. The zero-order chi connectivity index (χ0) is 26.3. The largest absolute Gasteiger partial charge is 0.473 e. The van der Waals surface area contributed by atoms with Crippen LogP contribution in [0.1, 0.15) is 51.9 Å². The van der Waals surface area contributed by atoms with Gasteiger partial charge < -0.3 is 9.47 Å². The Morgan fingerprint density at radius 2 is 1.58 bits per heavy atom. The van der Waals surface area contributed by atoms with Crippen LogP contribution >= 0.6 is 0 Å². The molecule has 2 heterocycles. The zero-order valence-electron chi connectivity index (χ0n) is 22.4. The molecule has 1 atom stereocenters. The van der Waals surface area contributed by atoms with Gasteiger partial charge in [-0.15, -0.1) is 0 Å². The van der Waals surface area contributed by atoms with Crippen molar-refractivity contribution in [3.05, 3.63) is 113 Å². The molecule has 0 radical (unpaired) electrons. The second-order valence-corrected chi connectivity index (χ2v) is 10.9. The van der Waals surface area contributed by atoms with Crippen molar-refractivity contribution >= 4 is 28.5 Å². The Kier molecular flexibility index (Phi) is 6.08. The van der Waals surface area contributed by atoms with Gasteiger partial charge in [0.1, 0.15) is 11.4 Å². The first-order valence-electron chi connectivity index (χ1n) is 13.5. The van der Waals surface area contributed by atoms with E-state index in [1.165, 1.54) is 45.1 Å². The fourth-order valence-electron chi connectivity index (χ4n) is 6.18. The van der Waals surface area contributed by atoms with Gasteiger partial charge in [0.05, 0.1) is 32.8 Å². The topological polar surface area (TPSA) is 35.5 Å². The van der Waals surface area contributed by atoms with Crippen LogP contribution in [-0.4, -0.2) is 33.2 Å². The number of carbonyl (C=O) groups excluding carboxylic acids is 1. The fourth-order valence-corrected chi connectivity index (χ4v) is 6.18. The highest BCUT2D eigenvalue weighted by molar-refractivity contribution is 6.08. The van der Waals surface area contributed by atoms with Crippen molar-refractivity contribution in [2.45, 2.75) is 31.8 Å². The Labute approximate surface area is 224 Å². The van der Waals surface area contributed by atoms with Gasteiger partial charge in [0.15, 0.2) is 5.60 Å². The van der Waals surface area contributed by atoms with Crippen LogP contribution < -0.4 is 9.22 Å². The zero-order valence-corrected chi connectivity index (χ0v) is 22.4. The van der Waals surface area contributed by atoms with Gasteiger partial charge in [-0.2, -0.15) is 0 Å². The van der Waals surface area contributed by atoms with E-state index in [9.17, 15) is 4.79 Å². The molecule has 1 unspecified atom stereocenters. The van der Waals surface area contributed by atoms with Crippen molar-refractivity contribution in [1.82, 2.24) is 4.48 Å². The summed E-state index contributed by atoms with van der Waals surface area (Å²) >= 11 is 0. The Balaban J connectivity index is 1.51. The third-order valence-electron chi connectivity index (χ3n) is 8.38. The van der Waals surface area contributed by atoms with Gasteiger partial charge in [-0.3, -0.25) is 4.48 Å². The van der Waals surface area contributed by atoms with Gasteiger partial charge in [0.2, 0.25) is 0 Å². The molecule has 0 amide bonds. The minimum absolute atomic E-state index is 0.368. The SMILES string of the molecule is COC(=O)c1cc2c(c3cc(C)ccc13)C=CC(c1ccccc1)(c1ccc([N+]3(C)CCCCC3)cc1)O2. The van der Waals surface area contributed by atoms with E-state index in [0.717, 1.165) is 37.5 Å². The van der Waals surface area contributed by atoms with Crippen molar-refractivity contribution in [3.8, 4) is 5.75 Å². The molecule has 6 rings (SSSR count). The maximum Gasteiger partial charge on any atom is 0.338 e. The van der Waals surface area contributed by atoms with Gasteiger partial charge >= 0.3 is 5.97 Å². The number of aryl methyl sites for hydroxylation is 1. The van der Waals surface area contributed by atoms with E-state index in [0.29, 0.717) is 11.3 Å². The molecule has 38 heavy (non-hydrogen) atoms. The lowest BCUT2D eigenvalue weighted by Crippen LogP contribution is -2.49. The predicted molar refractivity (Wildman–Crippen MR) is 155 cm³/mol. The van der Waals surface area contributed by atoms with Crippen molar-refractivity contribution in [2.24, 2.45) is 0 Å². The first kappa shape index (κ1) is 24.4. The number of piperidine rings is 1. The Hall–Kier alpha value is -3.89. The van der Waals surface area contributed by atoms with E-state index in [1.54, 1.807) is 0 Å². The van der Waals surface area contributed by atoms with Gasteiger partial charge in [0.25, 0.3) is 0 Å². The predicted octanol–water partition coefficient (Wildman–Crippen LogP) is 7.41. The quantitative estimate of drug-likeness (QED) is 0.214. The number of quaternary nitrogens is 1. The van der Waals surface area contributed by atoms with Crippen LogP contribution in [0.15, 0.2) is 84.9 Å². The Bertz CT molecular complexity index is 1530. The van der Waals surface area contributed by atoms with Crippen LogP contribution in [-0.2, 0) is 10.3 Å². The van der Waals surface area contributed by atoms with E-state index < -0.39 is 5.60 Å². The van der Waals surface area contributed by atoms with Crippen LogP contribution in [0.4, 0.5) is 5.69 Å². The van der Waals surface area contributed by atoms with Crippen LogP contribution in [0.2, 0.25) is 0 Å².